The topological polar surface area (TPSA) is 117 Å². The van der Waals surface area contributed by atoms with Gasteiger partial charge in [0.2, 0.25) is 0 Å². The largest absolute Gasteiger partial charge is 0.504 e. The molecule has 0 saturated carbocycles. The number of nitrogens with two attached hydrogens (primary N) is 1. The highest BCUT2D eigenvalue weighted by Crippen LogP contribution is 2.28. The molecule has 0 spiro atoms. The van der Waals surface area contributed by atoms with E-state index in [1.54, 1.807) is 30.5 Å². The summed E-state index contributed by atoms with van der Waals surface area (Å²) in [7, 11) is 2.02. The van der Waals surface area contributed by atoms with Gasteiger partial charge in [-0.15, -0.1) is 0 Å². The maximum Gasteiger partial charge on any atom is 0.185 e. The summed E-state index contributed by atoms with van der Waals surface area (Å²) in [6.45, 7) is 0.938. The van der Waals surface area contributed by atoms with Crippen LogP contribution in [0.4, 0.5) is 0 Å². The first-order valence-corrected chi connectivity index (χ1v) is 8.84. The fraction of sp³-hybridized carbons (Fsp3) is 0.118. The van der Waals surface area contributed by atoms with Crippen LogP contribution in [0.2, 0.25) is 0 Å². The Kier molecular flexibility index (Phi) is 12.6. The van der Waals surface area contributed by atoms with Crippen molar-refractivity contribution in [3.05, 3.63) is 69.1 Å². The quantitative estimate of drug-likeness (QED) is 0.322. The Hall–Kier alpha value is -2.35. The van der Waals surface area contributed by atoms with Crippen molar-refractivity contribution in [1.29, 1.82) is 5.26 Å². The molecule has 0 aliphatic rings. The number of carbonyl (C=O) groups is 1. The monoisotopic (exact) mass is 501 g/mol. The van der Waals surface area contributed by atoms with Crippen LogP contribution in [-0.4, -0.2) is 31.8 Å². The molecule has 0 amide bonds. The number of aldehydes is 1. The molecule has 0 saturated heterocycles. The van der Waals surface area contributed by atoms with E-state index >= 15 is 0 Å². The summed E-state index contributed by atoms with van der Waals surface area (Å²) in [6, 6.07) is 10.5. The van der Waals surface area contributed by atoms with Crippen molar-refractivity contribution < 1.29 is 26.9 Å². The van der Waals surface area contributed by atoms with Crippen LogP contribution in [0, 0.1) is 11.3 Å². The van der Waals surface area contributed by atoms with Gasteiger partial charge in [-0.1, -0.05) is 0 Å². The van der Waals surface area contributed by atoms with E-state index in [9.17, 15) is 4.79 Å². The standard InChI is InChI=1S/C6H2Br2N2O.C6H9NO.C5H4O2.B.2H2/c7-3-1-5(8)10-4(2-9)6(3)11;1-7-5-6-3-2-4-8-6;6-4-5-2-1-3-7-5;;;/h1,11H;2-4,7H,5H2,1H3;1-4H;;2*1H/p+1/i;;;;2*1+1. The minimum atomic E-state index is -0.129. The Labute approximate surface area is 178 Å². The van der Waals surface area contributed by atoms with Gasteiger partial charge in [-0.2, -0.15) is 5.26 Å². The lowest BCUT2D eigenvalue weighted by molar-refractivity contribution is -0.645. The first-order chi connectivity index (χ1) is 12.5. The number of pyridine rings is 1. The third kappa shape index (κ3) is 9.24. The number of aromatic hydroxyl groups is 1. The molecule has 3 aromatic rings. The number of aromatic nitrogens is 1. The minimum Gasteiger partial charge on any atom is -0.504 e. The molecular formula is C17H20BBr2N3O4+. The SMILES string of the molecule is C[NH2+]Cc1ccco1.N#Cc1nc(Br)cc(Br)c1O.O=Cc1ccco1.[2HH].[2HH].[B]. The van der Waals surface area contributed by atoms with Gasteiger partial charge >= 0.3 is 0 Å². The second-order valence-corrected chi connectivity index (χ2v) is 6.23. The van der Waals surface area contributed by atoms with Gasteiger partial charge < -0.3 is 19.3 Å². The Balaban J connectivity index is -0.000000341. The number of halogens is 2. The van der Waals surface area contributed by atoms with Crippen molar-refractivity contribution in [2.45, 2.75) is 6.54 Å². The molecule has 0 bridgehead atoms. The molecule has 143 valence electrons. The highest BCUT2D eigenvalue weighted by atomic mass is 79.9. The van der Waals surface area contributed by atoms with E-state index < -0.39 is 0 Å². The van der Waals surface area contributed by atoms with Gasteiger partial charge in [0.05, 0.1) is 24.0 Å². The molecule has 7 nitrogen and oxygen atoms in total. The maximum absolute atomic E-state index is 9.77. The summed E-state index contributed by atoms with van der Waals surface area (Å²) in [5, 5.41) is 19.7. The second kappa shape index (κ2) is 13.8. The molecule has 3 radical (unpaired) electrons. The zero-order chi connectivity index (χ0) is 19.4. The molecule has 0 aliphatic carbocycles. The molecule has 3 N–H and O–H groups in total. The van der Waals surface area contributed by atoms with Crippen LogP contribution in [-0.2, 0) is 6.54 Å². The molecule has 0 unspecified atom stereocenters. The summed E-state index contributed by atoms with van der Waals surface area (Å²) in [5.41, 5.74) is 0.00579. The summed E-state index contributed by atoms with van der Waals surface area (Å²) in [4.78, 5) is 13.5. The molecule has 27 heavy (non-hydrogen) atoms. The molecule has 0 aromatic carbocycles. The van der Waals surface area contributed by atoms with Crippen molar-refractivity contribution >= 4 is 46.6 Å². The lowest BCUT2D eigenvalue weighted by Crippen LogP contribution is -2.77. The van der Waals surface area contributed by atoms with Crippen molar-refractivity contribution in [3.8, 4) is 11.8 Å². The maximum atomic E-state index is 9.77. The van der Waals surface area contributed by atoms with Gasteiger partial charge in [0, 0.05) is 11.3 Å². The average molecular weight is 503 g/mol. The number of nitrogens with zero attached hydrogens (tertiary/aromatic N) is 2. The minimum absolute atomic E-state index is 0. The van der Waals surface area contributed by atoms with Gasteiger partial charge in [-0.05, 0) is 62.2 Å². The molecule has 0 aliphatic heterocycles. The summed E-state index contributed by atoms with van der Waals surface area (Å²) in [6.07, 6.45) is 3.82. The molecule has 0 fully saturated rings. The summed E-state index contributed by atoms with van der Waals surface area (Å²) in [5.74, 6) is 1.28. The number of quaternary nitrogens is 1. The van der Waals surface area contributed by atoms with E-state index in [1.165, 1.54) is 6.26 Å². The number of hydrogen-bond acceptors (Lipinski definition) is 6. The van der Waals surface area contributed by atoms with Crippen LogP contribution in [0.1, 0.15) is 24.9 Å². The smallest absolute Gasteiger partial charge is 0.185 e. The first kappa shape index (κ1) is 24.7. The first-order valence-electron chi connectivity index (χ1n) is 7.25. The molecule has 10 heteroatoms. The number of hydrogen-bond donors (Lipinski definition) is 2. The zero-order valence-electron chi connectivity index (χ0n) is 14.3. The van der Waals surface area contributed by atoms with Crippen LogP contribution in [0.3, 0.4) is 0 Å². The van der Waals surface area contributed by atoms with E-state index in [-0.39, 0.29) is 22.7 Å². The van der Waals surface area contributed by atoms with Crippen molar-refractivity contribution in [1.82, 2.24) is 4.98 Å². The predicted molar refractivity (Wildman–Crippen MR) is 110 cm³/mol. The van der Waals surface area contributed by atoms with Gasteiger partial charge in [-0.3, -0.25) is 4.79 Å². The summed E-state index contributed by atoms with van der Waals surface area (Å²) >= 11 is 6.15. The Morgan fingerprint density at radius 1 is 1.33 bits per heavy atom. The number of furan rings is 2. The van der Waals surface area contributed by atoms with Crippen LogP contribution in [0.15, 0.2) is 60.8 Å². The molecule has 3 heterocycles. The van der Waals surface area contributed by atoms with Crippen molar-refractivity contribution in [3.63, 3.8) is 0 Å². The lowest BCUT2D eigenvalue weighted by atomic mass is 10.3. The van der Waals surface area contributed by atoms with Crippen molar-refractivity contribution in [2.24, 2.45) is 0 Å². The molecule has 0 atom stereocenters. The Morgan fingerprint density at radius 3 is 2.44 bits per heavy atom. The average Bonchev–Trinajstić information content (AvgIpc) is 3.33. The van der Waals surface area contributed by atoms with Gasteiger partial charge in [0.25, 0.3) is 0 Å². The van der Waals surface area contributed by atoms with E-state index in [2.05, 4.69) is 46.6 Å². The van der Waals surface area contributed by atoms with E-state index in [0.29, 0.717) is 21.1 Å². The van der Waals surface area contributed by atoms with Gasteiger partial charge in [0.15, 0.2) is 29.3 Å². The fourth-order valence-corrected chi connectivity index (χ4v) is 2.66. The van der Waals surface area contributed by atoms with Crippen LogP contribution in [0.25, 0.3) is 0 Å². The second-order valence-electron chi connectivity index (χ2n) is 4.56. The van der Waals surface area contributed by atoms with Crippen LogP contribution in [0.5, 0.6) is 5.75 Å². The van der Waals surface area contributed by atoms with Crippen LogP contribution < -0.4 is 5.32 Å². The Morgan fingerprint density at radius 2 is 2.00 bits per heavy atom. The lowest BCUT2D eigenvalue weighted by Gasteiger charge is -1.97. The van der Waals surface area contributed by atoms with Gasteiger partial charge in [0.1, 0.15) is 17.2 Å². The van der Waals surface area contributed by atoms with Crippen LogP contribution >= 0.6 is 31.9 Å². The normalized spacial score (nSPS) is 8.81. The predicted octanol–water partition coefficient (Wildman–Crippen LogP) is 3.36. The molecular weight excluding hydrogens is 481 g/mol. The van der Waals surface area contributed by atoms with Crippen molar-refractivity contribution in [2.75, 3.05) is 7.05 Å². The van der Waals surface area contributed by atoms with E-state index in [4.69, 9.17) is 14.8 Å². The van der Waals surface area contributed by atoms with E-state index in [0.717, 1.165) is 12.3 Å². The highest BCUT2D eigenvalue weighted by Gasteiger charge is 2.07. The third-order valence-electron chi connectivity index (χ3n) is 2.67. The zero-order valence-corrected chi connectivity index (χ0v) is 17.5. The molecule has 3 rings (SSSR count). The Bertz CT molecular complexity index is 845. The fourth-order valence-electron chi connectivity index (χ4n) is 1.54. The third-order valence-corrected chi connectivity index (χ3v) is 3.68. The number of nitriles is 1. The number of rotatable bonds is 3. The highest BCUT2D eigenvalue weighted by molar-refractivity contribution is 9.11. The molecule has 3 aromatic heterocycles. The summed E-state index contributed by atoms with van der Waals surface area (Å²) < 4.78 is 10.6. The van der Waals surface area contributed by atoms with Gasteiger partial charge in [-0.25, -0.2) is 4.98 Å². The number of carbonyl (C=O) groups excluding carboxylic acids is 1. The van der Waals surface area contributed by atoms with E-state index in [1.807, 2.05) is 19.2 Å².